The minimum Gasteiger partial charge on any atom is -0.298 e. The molecule has 1 aromatic heterocycles. The second kappa shape index (κ2) is 9.16. The van der Waals surface area contributed by atoms with Crippen molar-refractivity contribution >= 4 is 46.1 Å². The molecule has 32 heavy (non-hydrogen) atoms. The van der Waals surface area contributed by atoms with Gasteiger partial charge in [-0.3, -0.25) is 15.6 Å². The smallest absolute Gasteiger partial charge is 0.298 e. The number of halogens is 8. The van der Waals surface area contributed by atoms with Gasteiger partial charge in [0.05, 0.1) is 21.8 Å². The van der Waals surface area contributed by atoms with Crippen LogP contribution in [0.1, 0.15) is 32.2 Å². The Morgan fingerprint density at radius 3 is 2.06 bits per heavy atom. The number of amides is 1. The Balaban J connectivity index is 1.74. The fraction of sp³-hybridized carbons (Fsp3) is 0.158. The van der Waals surface area contributed by atoms with E-state index >= 15 is 0 Å². The Morgan fingerprint density at radius 2 is 1.53 bits per heavy atom. The van der Waals surface area contributed by atoms with E-state index in [9.17, 15) is 31.1 Å². The summed E-state index contributed by atoms with van der Waals surface area (Å²) in [6.07, 6.45) is -9.79. The van der Waals surface area contributed by atoms with Crippen LogP contribution in [0.4, 0.5) is 32.0 Å². The Labute approximate surface area is 191 Å². The van der Waals surface area contributed by atoms with E-state index in [4.69, 9.17) is 23.2 Å². The Hall–Kier alpha value is -2.50. The lowest BCUT2D eigenvalue weighted by atomic mass is 10.1. The molecule has 170 valence electrons. The van der Waals surface area contributed by atoms with Crippen molar-refractivity contribution in [2.45, 2.75) is 18.8 Å². The van der Waals surface area contributed by atoms with E-state index < -0.39 is 35.1 Å². The van der Waals surface area contributed by atoms with E-state index in [2.05, 4.69) is 10.4 Å². The minimum atomic E-state index is -5.01. The van der Waals surface area contributed by atoms with E-state index in [1.54, 1.807) is 18.2 Å². The highest BCUT2D eigenvalue weighted by molar-refractivity contribution is 7.09. The molecule has 1 amide bonds. The molecule has 0 unspecified atom stereocenters. The molecule has 4 nitrogen and oxygen atoms in total. The van der Waals surface area contributed by atoms with Gasteiger partial charge in [-0.25, -0.2) is 4.98 Å². The van der Waals surface area contributed by atoms with Gasteiger partial charge in [-0.2, -0.15) is 26.3 Å². The Kier molecular flexibility index (Phi) is 6.91. The second-order valence-electron chi connectivity index (χ2n) is 6.38. The first-order valence-corrected chi connectivity index (χ1v) is 10.2. The highest BCUT2D eigenvalue weighted by atomic mass is 35.5. The molecule has 2 aromatic carbocycles. The number of benzene rings is 2. The number of alkyl halides is 6. The summed E-state index contributed by atoms with van der Waals surface area (Å²) < 4.78 is 77.6. The van der Waals surface area contributed by atoms with Crippen molar-refractivity contribution in [1.82, 2.24) is 10.4 Å². The van der Waals surface area contributed by atoms with Crippen LogP contribution < -0.4 is 10.9 Å². The van der Waals surface area contributed by atoms with Crippen molar-refractivity contribution in [3.8, 4) is 0 Å². The highest BCUT2D eigenvalue weighted by Gasteiger charge is 2.37. The van der Waals surface area contributed by atoms with Crippen molar-refractivity contribution in [2.24, 2.45) is 0 Å². The zero-order chi connectivity index (χ0) is 23.7. The molecule has 0 aliphatic heterocycles. The van der Waals surface area contributed by atoms with Gasteiger partial charge in [0.25, 0.3) is 5.91 Å². The third-order valence-electron chi connectivity index (χ3n) is 4.08. The van der Waals surface area contributed by atoms with Crippen LogP contribution in [0.25, 0.3) is 0 Å². The maximum atomic E-state index is 12.9. The number of carbonyl (C=O) groups is 1. The van der Waals surface area contributed by atoms with Gasteiger partial charge in [0, 0.05) is 21.8 Å². The summed E-state index contributed by atoms with van der Waals surface area (Å²) in [4.78, 5) is 16.4. The van der Waals surface area contributed by atoms with Crippen LogP contribution in [-0.2, 0) is 18.8 Å². The summed E-state index contributed by atoms with van der Waals surface area (Å²) in [6.45, 7) is 0. The number of hydrogen-bond donors (Lipinski definition) is 2. The number of nitrogens with zero attached hydrogens (tertiary/aromatic N) is 1. The number of anilines is 1. The normalized spacial score (nSPS) is 12.0. The lowest BCUT2D eigenvalue weighted by Gasteiger charge is -2.15. The number of carbonyl (C=O) groups excluding carboxylic acids is 1. The lowest BCUT2D eigenvalue weighted by Crippen LogP contribution is -2.30. The first-order valence-electron chi connectivity index (χ1n) is 8.57. The summed E-state index contributed by atoms with van der Waals surface area (Å²) in [5, 5.41) is 2.67. The van der Waals surface area contributed by atoms with Crippen LogP contribution in [0.2, 0.25) is 10.0 Å². The van der Waals surface area contributed by atoms with Crippen molar-refractivity contribution in [1.29, 1.82) is 0 Å². The van der Waals surface area contributed by atoms with Gasteiger partial charge >= 0.3 is 12.4 Å². The van der Waals surface area contributed by atoms with Crippen LogP contribution in [0.5, 0.6) is 0 Å². The average molecular weight is 514 g/mol. The fourth-order valence-corrected chi connectivity index (χ4v) is 3.89. The fourth-order valence-electron chi connectivity index (χ4n) is 2.57. The van der Waals surface area contributed by atoms with Gasteiger partial charge in [-0.15, -0.1) is 11.3 Å². The largest absolute Gasteiger partial charge is 0.416 e. The van der Waals surface area contributed by atoms with Crippen LogP contribution in [0.15, 0.2) is 41.8 Å². The number of nitrogens with one attached hydrogen (secondary N) is 2. The number of aromatic nitrogens is 1. The first kappa shape index (κ1) is 24.1. The Bertz CT molecular complexity index is 1090. The van der Waals surface area contributed by atoms with E-state index in [1.165, 1.54) is 5.38 Å². The molecule has 0 bridgehead atoms. The van der Waals surface area contributed by atoms with Gasteiger partial charge in [-0.05, 0) is 35.9 Å². The molecule has 0 radical (unpaired) electrons. The second-order valence-corrected chi connectivity index (χ2v) is 8.13. The van der Waals surface area contributed by atoms with Gasteiger partial charge in [0.2, 0.25) is 0 Å². The zero-order valence-electron chi connectivity index (χ0n) is 15.5. The van der Waals surface area contributed by atoms with Gasteiger partial charge in [0.1, 0.15) is 5.69 Å². The highest BCUT2D eigenvalue weighted by Crippen LogP contribution is 2.37. The molecule has 3 aromatic rings. The minimum absolute atomic E-state index is 0.0143. The predicted octanol–water partition coefficient (Wildman–Crippen LogP) is 6.84. The van der Waals surface area contributed by atoms with Crippen molar-refractivity contribution < 1.29 is 31.1 Å². The van der Waals surface area contributed by atoms with E-state index in [1.807, 2.05) is 5.43 Å². The SMILES string of the molecule is O=C(NNc1cc(C(F)(F)F)cc(C(F)(F)F)c1)c1csc(Cc2c(Cl)cccc2Cl)n1. The quantitative estimate of drug-likeness (QED) is 0.290. The van der Waals surface area contributed by atoms with E-state index in [0.29, 0.717) is 32.7 Å². The number of hydrazine groups is 1. The molecule has 0 fully saturated rings. The maximum absolute atomic E-state index is 12.9. The molecule has 13 heteroatoms. The van der Waals surface area contributed by atoms with Crippen molar-refractivity contribution in [3.05, 3.63) is 79.2 Å². The van der Waals surface area contributed by atoms with Crippen LogP contribution in [0.3, 0.4) is 0 Å². The van der Waals surface area contributed by atoms with Crippen LogP contribution in [0, 0.1) is 0 Å². The number of hydrogen-bond acceptors (Lipinski definition) is 4. The maximum Gasteiger partial charge on any atom is 0.416 e. The number of rotatable bonds is 5. The molecular formula is C19H11Cl2F6N3OS. The summed E-state index contributed by atoms with van der Waals surface area (Å²) in [7, 11) is 0. The summed E-state index contributed by atoms with van der Waals surface area (Å²) in [6, 6.07) is 5.82. The summed E-state index contributed by atoms with van der Waals surface area (Å²) in [5.41, 5.74) is 0.979. The summed E-state index contributed by atoms with van der Waals surface area (Å²) in [5.74, 6) is -0.858. The Morgan fingerprint density at radius 1 is 0.969 bits per heavy atom. The first-order chi connectivity index (χ1) is 14.8. The van der Waals surface area contributed by atoms with Crippen LogP contribution in [-0.4, -0.2) is 10.9 Å². The molecule has 0 aliphatic rings. The topological polar surface area (TPSA) is 54.0 Å². The summed E-state index contributed by atoms with van der Waals surface area (Å²) >= 11 is 13.3. The molecule has 0 saturated heterocycles. The van der Waals surface area contributed by atoms with Gasteiger partial charge in [0.15, 0.2) is 0 Å². The van der Waals surface area contributed by atoms with Crippen molar-refractivity contribution in [2.75, 3.05) is 5.43 Å². The lowest BCUT2D eigenvalue weighted by molar-refractivity contribution is -0.143. The molecule has 3 rings (SSSR count). The molecule has 0 saturated carbocycles. The van der Waals surface area contributed by atoms with E-state index in [0.717, 1.165) is 11.3 Å². The van der Waals surface area contributed by atoms with E-state index in [-0.39, 0.29) is 18.2 Å². The molecular weight excluding hydrogens is 503 g/mol. The van der Waals surface area contributed by atoms with Gasteiger partial charge in [-0.1, -0.05) is 29.3 Å². The zero-order valence-corrected chi connectivity index (χ0v) is 17.9. The average Bonchev–Trinajstić information content (AvgIpc) is 3.16. The molecule has 0 atom stereocenters. The third kappa shape index (κ3) is 5.84. The van der Waals surface area contributed by atoms with Crippen molar-refractivity contribution in [3.63, 3.8) is 0 Å². The standard InChI is InChI=1S/C19H11Cl2F6N3OS/c20-13-2-1-3-14(21)12(13)7-16-28-15(8-32-16)17(31)30-29-11-5-9(18(22,23)24)4-10(6-11)19(25,26)27/h1-6,8,29H,7H2,(H,30,31). The predicted molar refractivity (Wildman–Crippen MR) is 109 cm³/mol. The molecule has 0 aliphatic carbocycles. The van der Waals surface area contributed by atoms with Gasteiger partial charge < -0.3 is 0 Å². The monoisotopic (exact) mass is 513 g/mol. The molecule has 0 spiro atoms. The molecule has 1 heterocycles. The number of thiazole rings is 1. The van der Waals surface area contributed by atoms with Crippen LogP contribution >= 0.6 is 34.5 Å². The third-order valence-corrected chi connectivity index (χ3v) is 5.64. The molecule has 2 N–H and O–H groups in total.